The SMILES string of the molecule is CC(=O)N1CC(Oc2ccc(C#N)cn2)C1. The molecule has 2 heterocycles. The Bertz CT molecular complexity index is 430. The molecule has 1 fully saturated rings. The summed E-state index contributed by atoms with van der Waals surface area (Å²) < 4.78 is 5.52. The van der Waals surface area contributed by atoms with Crippen molar-refractivity contribution in [3.63, 3.8) is 0 Å². The molecule has 0 radical (unpaired) electrons. The van der Waals surface area contributed by atoms with E-state index in [-0.39, 0.29) is 12.0 Å². The zero-order valence-electron chi connectivity index (χ0n) is 8.88. The Morgan fingerprint density at radius 3 is 2.88 bits per heavy atom. The first-order valence-electron chi connectivity index (χ1n) is 4.97. The molecule has 82 valence electrons. The first kappa shape index (κ1) is 10.4. The Labute approximate surface area is 93.3 Å². The van der Waals surface area contributed by atoms with Gasteiger partial charge < -0.3 is 9.64 Å². The van der Waals surface area contributed by atoms with Crippen molar-refractivity contribution in [2.75, 3.05) is 13.1 Å². The fourth-order valence-corrected chi connectivity index (χ4v) is 1.46. The molecule has 5 nitrogen and oxygen atoms in total. The van der Waals surface area contributed by atoms with E-state index in [0.717, 1.165) is 0 Å². The van der Waals surface area contributed by atoms with E-state index in [9.17, 15) is 4.79 Å². The number of nitriles is 1. The molecule has 0 atom stereocenters. The largest absolute Gasteiger partial charge is 0.471 e. The van der Waals surface area contributed by atoms with Crippen LogP contribution in [0.15, 0.2) is 18.3 Å². The third-order valence-electron chi connectivity index (χ3n) is 2.45. The van der Waals surface area contributed by atoms with Crippen LogP contribution in [0.2, 0.25) is 0 Å². The van der Waals surface area contributed by atoms with Gasteiger partial charge in [0.1, 0.15) is 12.2 Å². The number of aromatic nitrogens is 1. The summed E-state index contributed by atoms with van der Waals surface area (Å²) in [7, 11) is 0. The average molecular weight is 217 g/mol. The molecule has 0 N–H and O–H groups in total. The van der Waals surface area contributed by atoms with Crippen LogP contribution >= 0.6 is 0 Å². The lowest BCUT2D eigenvalue weighted by molar-refractivity contribution is -0.137. The monoisotopic (exact) mass is 217 g/mol. The molecule has 0 aromatic carbocycles. The number of nitrogens with zero attached hydrogens (tertiary/aromatic N) is 3. The second-order valence-electron chi connectivity index (χ2n) is 3.66. The van der Waals surface area contributed by atoms with Gasteiger partial charge in [0.15, 0.2) is 0 Å². The molecule has 0 spiro atoms. The highest BCUT2D eigenvalue weighted by molar-refractivity contribution is 5.74. The van der Waals surface area contributed by atoms with E-state index < -0.39 is 0 Å². The summed E-state index contributed by atoms with van der Waals surface area (Å²) >= 11 is 0. The van der Waals surface area contributed by atoms with E-state index in [2.05, 4.69) is 4.98 Å². The Hall–Kier alpha value is -2.09. The summed E-state index contributed by atoms with van der Waals surface area (Å²) in [6.07, 6.45) is 1.49. The van der Waals surface area contributed by atoms with Crippen LogP contribution in [0.1, 0.15) is 12.5 Å². The third-order valence-corrected chi connectivity index (χ3v) is 2.45. The Morgan fingerprint density at radius 2 is 2.38 bits per heavy atom. The van der Waals surface area contributed by atoms with Gasteiger partial charge in [-0.15, -0.1) is 0 Å². The first-order valence-corrected chi connectivity index (χ1v) is 4.97. The number of hydrogen-bond acceptors (Lipinski definition) is 4. The Balaban J connectivity index is 1.87. The highest BCUT2D eigenvalue weighted by Crippen LogP contribution is 2.15. The van der Waals surface area contributed by atoms with Gasteiger partial charge in [-0.25, -0.2) is 4.98 Å². The minimum Gasteiger partial charge on any atom is -0.471 e. The van der Waals surface area contributed by atoms with Crippen LogP contribution in [-0.4, -0.2) is 35.0 Å². The number of pyridine rings is 1. The zero-order valence-corrected chi connectivity index (χ0v) is 8.88. The smallest absolute Gasteiger partial charge is 0.219 e. The second kappa shape index (κ2) is 4.19. The minimum absolute atomic E-state index is 0.0179. The quantitative estimate of drug-likeness (QED) is 0.726. The van der Waals surface area contributed by atoms with Crippen LogP contribution in [0.3, 0.4) is 0 Å². The van der Waals surface area contributed by atoms with Crippen molar-refractivity contribution in [1.29, 1.82) is 5.26 Å². The summed E-state index contributed by atoms with van der Waals surface area (Å²) in [5.41, 5.74) is 0.506. The van der Waals surface area contributed by atoms with Crippen LogP contribution in [0.25, 0.3) is 0 Å². The van der Waals surface area contributed by atoms with Crippen molar-refractivity contribution in [1.82, 2.24) is 9.88 Å². The summed E-state index contributed by atoms with van der Waals surface area (Å²) in [5, 5.41) is 8.59. The molecular formula is C11H11N3O2. The van der Waals surface area contributed by atoms with Crippen LogP contribution in [0, 0.1) is 11.3 Å². The van der Waals surface area contributed by atoms with Gasteiger partial charge in [-0.1, -0.05) is 0 Å². The minimum atomic E-state index is 0.0179. The lowest BCUT2D eigenvalue weighted by Crippen LogP contribution is -2.55. The molecule has 0 saturated carbocycles. The van der Waals surface area contributed by atoms with Crippen molar-refractivity contribution in [2.45, 2.75) is 13.0 Å². The van der Waals surface area contributed by atoms with Gasteiger partial charge in [0, 0.05) is 19.2 Å². The third kappa shape index (κ3) is 2.11. The van der Waals surface area contributed by atoms with Gasteiger partial charge >= 0.3 is 0 Å². The predicted molar refractivity (Wildman–Crippen MR) is 55.6 cm³/mol. The standard InChI is InChI=1S/C11H11N3O2/c1-8(15)14-6-10(7-14)16-11-3-2-9(4-12)5-13-11/h2-3,5,10H,6-7H2,1H3. The molecule has 1 aromatic heterocycles. The second-order valence-corrected chi connectivity index (χ2v) is 3.66. The van der Waals surface area contributed by atoms with Gasteiger partial charge in [0.2, 0.25) is 11.8 Å². The maximum absolute atomic E-state index is 10.9. The number of hydrogen-bond donors (Lipinski definition) is 0. The Morgan fingerprint density at radius 1 is 1.62 bits per heavy atom. The molecule has 0 bridgehead atoms. The Kier molecular flexibility index (Phi) is 2.73. The molecule has 16 heavy (non-hydrogen) atoms. The molecule has 0 unspecified atom stereocenters. The average Bonchev–Trinajstić information content (AvgIpc) is 2.23. The molecule has 1 aromatic rings. The molecule has 1 saturated heterocycles. The maximum atomic E-state index is 10.9. The fraction of sp³-hybridized carbons (Fsp3) is 0.364. The number of amides is 1. The summed E-state index contributed by atoms with van der Waals surface area (Å²) in [5.74, 6) is 0.555. The lowest BCUT2D eigenvalue weighted by atomic mass is 10.2. The summed E-state index contributed by atoms with van der Waals surface area (Å²) in [4.78, 5) is 16.6. The van der Waals surface area contributed by atoms with Crippen LogP contribution in [0.4, 0.5) is 0 Å². The first-order chi connectivity index (χ1) is 7.69. The highest BCUT2D eigenvalue weighted by atomic mass is 16.5. The van der Waals surface area contributed by atoms with Gasteiger partial charge in [-0.2, -0.15) is 5.26 Å². The number of likely N-dealkylation sites (tertiary alicyclic amines) is 1. The highest BCUT2D eigenvalue weighted by Gasteiger charge is 2.30. The molecule has 5 heteroatoms. The number of carbonyl (C=O) groups is 1. The molecule has 1 aliphatic heterocycles. The van der Waals surface area contributed by atoms with Crippen molar-refractivity contribution < 1.29 is 9.53 Å². The van der Waals surface area contributed by atoms with Gasteiger partial charge in [0.05, 0.1) is 18.7 Å². The van der Waals surface area contributed by atoms with Gasteiger partial charge in [-0.05, 0) is 6.07 Å². The van der Waals surface area contributed by atoms with Gasteiger partial charge in [-0.3, -0.25) is 4.79 Å². The summed E-state index contributed by atoms with van der Waals surface area (Å²) in [6.45, 7) is 2.75. The van der Waals surface area contributed by atoms with E-state index in [1.165, 1.54) is 13.1 Å². The lowest BCUT2D eigenvalue weighted by Gasteiger charge is -2.37. The van der Waals surface area contributed by atoms with E-state index in [0.29, 0.717) is 24.5 Å². The van der Waals surface area contributed by atoms with E-state index >= 15 is 0 Å². The van der Waals surface area contributed by atoms with E-state index in [1.807, 2.05) is 6.07 Å². The topological polar surface area (TPSA) is 66.2 Å². The van der Waals surface area contributed by atoms with Crippen LogP contribution in [-0.2, 0) is 4.79 Å². The van der Waals surface area contributed by atoms with E-state index in [4.69, 9.17) is 10.00 Å². The maximum Gasteiger partial charge on any atom is 0.219 e. The molecular weight excluding hydrogens is 206 g/mol. The summed E-state index contributed by atoms with van der Waals surface area (Å²) in [6, 6.07) is 5.30. The number of ether oxygens (including phenoxy) is 1. The van der Waals surface area contributed by atoms with Crippen molar-refractivity contribution in [2.24, 2.45) is 0 Å². The van der Waals surface area contributed by atoms with E-state index in [1.54, 1.807) is 17.0 Å². The fourth-order valence-electron chi connectivity index (χ4n) is 1.46. The number of rotatable bonds is 2. The molecule has 1 aliphatic rings. The zero-order chi connectivity index (χ0) is 11.5. The molecule has 1 amide bonds. The van der Waals surface area contributed by atoms with Crippen molar-refractivity contribution in [3.8, 4) is 11.9 Å². The van der Waals surface area contributed by atoms with Crippen LogP contribution < -0.4 is 4.74 Å². The van der Waals surface area contributed by atoms with Gasteiger partial charge in [0.25, 0.3) is 0 Å². The number of carbonyl (C=O) groups excluding carboxylic acids is 1. The van der Waals surface area contributed by atoms with Crippen LogP contribution in [0.5, 0.6) is 5.88 Å². The normalized spacial score (nSPS) is 15.1. The molecule has 0 aliphatic carbocycles. The van der Waals surface area contributed by atoms with Crippen molar-refractivity contribution >= 4 is 5.91 Å². The van der Waals surface area contributed by atoms with Crippen molar-refractivity contribution in [3.05, 3.63) is 23.9 Å². The predicted octanol–water partition coefficient (Wildman–Crippen LogP) is 0.563. The molecule has 2 rings (SSSR count).